The first-order valence-corrected chi connectivity index (χ1v) is 7.57. The van der Waals surface area contributed by atoms with Gasteiger partial charge in [-0.05, 0) is 25.1 Å². The van der Waals surface area contributed by atoms with Crippen molar-refractivity contribution in [2.45, 2.75) is 19.4 Å². The molecule has 2 rings (SSSR count). The van der Waals surface area contributed by atoms with Crippen LogP contribution in [0.4, 0.5) is 0 Å². The Hall–Kier alpha value is -1.43. The number of halogens is 1. The molecule has 0 unspecified atom stereocenters. The van der Waals surface area contributed by atoms with Crippen molar-refractivity contribution in [2.24, 2.45) is 5.73 Å². The topological polar surface area (TPSA) is 68.0 Å². The fraction of sp³-hybridized carbons (Fsp3) is 0.286. The summed E-state index contributed by atoms with van der Waals surface area (Å²) in [5, 5.41) is 6.17. The molecule has 1 amide bonds. The first-order chi connectivity index (χ1) is 9.61. The van der Waals surface area contributed by atoms with Crippen molar-refractivity contribution in [1.29, 1.82) is 0 Å². The normalized spacial score (nSPS) is 12.2. The highest BCUT2D eigenvalue weighted by molar-refractivity contribution is 7.09. The van der Waals surface area contributed by atoms with Crippen LogP contribution in [0, 0.1) is 0 Å². The van der Waals surface area contributed by atoms with Crippen LogP contribution in [0.2, 0.25) is 5.02 Å². The monoisotopic (exact) mass is 309 g/mol. The molecule has 1 atom stereocenters. The average Bonchev–Trinajstić information content (AvgIpc) is 2.88. The predicted octanol–water partition coefficient (Wildman–Crippen LogP) is 2.79. The summed E-state index contributed by atoms with van der Waals surface area (Å²) in [4.78, 5) is 16.4. The van der Waals surface area contributed by atoms with Crippen LogP contribution in [-0.4, -0.2) is 17.4 Å². The minimum Gasteiger partial charge on any atom is -0.344 e. The molecule has 1 aromatic heterocycles. The zero-order valence-electron chi connectivity index (χ0n) is 11.1. The Morgan fingerprint density at radius 2 is 2.25 bits per heavy atom. The predicted molar refractivity (Wildman–Crippen MR) is 82.2 cm³/mol. The second-order valence-electron chi connectivity index (χ2n) is 4.38. The lowest BCUT2D eigenvalue weighted by molar-refractivity contribution is 0.0935. The molecular weight excluding hydrogens is 294 g/mol. The van der Waals surface area contributed by atoms with Crippen molar-refractivity contribution in [3.63, 3.8) is 0 Å². The highest BCUT2D eigenvalue weighted by Gasteiger charge is 2.15. The van der Waals surface area contributed by atoms with E-state index in [2.05, 4.69) is 10.3 Å². The summed E-state index contributed by atoms with van der Waals surface area (Å²) >= 11 is 7.57. The van der Waals surface area contributed by atoms with Gasteiger partial charge in [-0.15, -0.1) is 11.3 Å². The maximum Gasteiger partial charge on any atom is 0.271 e. The molecule has 0 saturated heterocycles. The summed E-state index contributed by atoms with van der Waals surface area (Å²) in [6.07, 6.45) is 0.692. The summed E-state index contributed by atoms with van der Waals surface area (Å²) < 4.78 is 0. The molecule has 1 heterocycles. The molecular formula is C14H16ClN3OS. The van der Waals surface area contributed by atoms with Gasteiger partial charge in [-0.1, -0.05) is 29.8 Å². The fourth-order valence-corrected chi connectivity index (χ4v) is 2.92. The van der Waals surface area contributed by atoms with Crippen LogP contribution >= 0.6 is 22.9 Å². The van der Waals surface area contributed by atoms with Gasteiger partial charge >= 0.3 is 0 Å². The standard InChI is InChI=1S/C14H16ClN3OS/c1-9(10-4-2-3-5-11(10)15)17-14(19)12-8-20-13(18-12)6-7-16/h2-5,8-9H,6-7,16H2,1H3,(H,17,19)/t9-/m0/s1. The molecule has 0 aliphatic carbocycles. The van der Waals surface area contributed by atoms with Crippen LogP contribution in [0.5, 0.6) is 0 Å². The molecule has 6 heteroatoms. The Bertz CT molecular complexity index is 600. The van der Waals surface area contributed by atoms with Crippen LogP contribution < -0.4 is 11.1 Å². The third-order valence-corrected chi connectivity index (χ3v) is 4.11. The van der Waals surface area contributed by atoms with Gasteiger partial charge in [-0.2, -0.15) is 0 Å². The zero-order valence-corrected chi connectivity index (χ0v) is 12.7. The lowest BCUT2D eigenvalue weighted by atomic mass is 10.1. The highest BCUT2D eigenvalue weighted by Crippen LogP contribution is 2.22. The van der Waals surface area contributed by atoms with Crippen LogP contribution in [0.25, 0.3) is 0 Å². The first-order valence-electron chi connectivity index (χ1n) is 6.31. The Balaban J connectivity index is 2.05. The summed E-state index contributed by atoms with van der Waals surface area (Å²) in [6, 6.07) is 7.29. The highest BCUT2D eigenvalue weighted by atomic mass is 35.5. The number of nitrogens with two attached hydrogens (primary N) is 1. The van der Waals surface area contributed by atoms with Crippen LogP contribution in [0.15, 0.2) is 29.6 Å². The number of amides is 1. The van der Waals surface area contributed by atoms with E-state index in [0.29, 0.717) is 23.7 Å². The number of nitrogens with zero attached hydrogens (tertiary/aromatic N) is 1. The second kappa shape index (κ2) is 6.83. The van der Waals surface area contributed by atoms with E-state index in [-0.39, 0.29) is 11.9 Å². The summed E-state index contributed by atoms with van der Waals surface area (Å²) in [7, 11) is 0. The van der Waals surface area contributed by atoms with Crippen molar-refractivity contribution in [1.82, 2.24) is 10.3 Å². The zero-order chi connectivity index (χ0) is 14.5. The number of nitrogens with one attached hydrogen (secondary N) is 1. The minimum atomic E-state index is -0.197. The Kier molecular flexibility index (Phi) is 5.11. The summed E-state index contributed by atoms with van der Waals surface area (Å²) in [5.74, 6) is -0.197. The number of hydrogen-bond acceptors (Lipinski definition) is 4. The lowest BCUT2D eigenvalue weighted by Gasteiger charge is -2.14. The van der Waals surface area contributed by atoms with Crippen LogP contribution in [0.1, 0.15) is 34.0 Å². The molecule has 0 aliphatic rings. The smallest absolute Gasteiger partial charge is 0.271 e. The third kappa shape index (κ3) is 3.56. The molecule has 0 bridgehead atoms. The van der Waals surface area contributed by atoms with Gasteiger partial charge in [0, 0.05) is 16.8 Å². The molecule has 0 aliphatic heterocycles. The number of aromatic nitrogens is 1. The second-order valence-corrected chi connectivity index (χ2v) is 5.73. The molecule has 0 saturated carbocycles. The fourth-order valence-electron chi connectivity index (χ4n) is 1.83. The largest absolute Gasteiger partial charge is 0.344 e. The number of hydrogen-bond donors (Lipinski definition) is 2. The van der Waals surface area contributed by atoms with Gasteiger partial charge < -0.3 is 11.1 Å². The van der Waals surface area contributed by atoms with Crippen molar-refractivity contribution in [3.05, 3.63) is 50.9 Å². The van der Waals surface area contributed by atoms with E-state index in [4.69, 9.17) is 17.3 Å². The van der Waals surface area contributed by atoms with Gasteiger partial charge in [-0.3, -0.25) is 4.79 Å². The van der Waals surface area contributed by atoms with E-state index in [1.165, 1.54) is 11.3 Å². The quantitative estimate of drug-likeness (QED) is 0.892. The Morgan fingerprint density at radius 1 is 1.50 bits per heavy atom. The SMILES string of the molecule is C[C@H](NC(=O)c1csc(CCN)n1)c1ccccc1Cl. The maximum absolute atomic E-state index is 12.1. The number of thiazole rings is 1. The van der Waals surface area contributed by atoms with E-state index in [9.17, 15) is 4.79 Å². The molecule has 4 nitrogen and oxygen atoms in total. The molecule has 3 N–H and O–H groups in total. The van der Waals surface area contributed by atoms with E-state index in [1.54, 1.807) is 5.38 Å². The average molecular weight is 310 g/mol. The minimum absolute atomic E-state index is 0.171. The summed E-state index contributed by atoms with van der Waals surface area (Å²) in [5.41, 5.74) is 6.79. The van der Waals surface area contributed by atoms with Crippen molar-refractivity contribution < 1.29 is 4.79 Å². The van der Waals surface area contributed by atoms with Crippen LogP contribution in [0.3, 0.4) is 0 Å². The Morgan fingerprint density at radius 3 is 2.95 bits per heavy atom. The van der Waals surface area contributed by atoms with Gasteiger partial charge in [0.25, 0.3) is 5.91 Å². The van der Waals surface area contributed by atoms with Gasteiger partial charge in [0.1, 0.15) is 5.69 Å². The van der Waals surface area contributed by atoms with Crippen molar-refractivity contribution in [3.8, 4) is 0 Å². The first kappa shape index (κ1) is 15.0. The molecule has 2 aromatic rings. The maximum atomic E-state index is 12.1. The van der Waals surface area contributed by atoms with E-state index in [0.717, 1.165) is 10.6 Å². The molecule has 1 aromatic carbocycles. The Labute approximate surface area is 127 Å². The molecule has 0 radical (unpaired) electrons. The van der Waals surface area contributed by atoms with Crippen molar-refractivity contribution in [2.75, 3.05) is 6.54 Å². The van der Waals surface area contributed by atoms with Gasteiger partial charge in [0.05, 0.1) is 11.0 Å². The number of carbonyl (C=O) groups excluding carboxylic acids is 1. The number of carbonyl (C=O) groups is 1. The van der Waals surface area contributed by atoms with Gasteiger partial charge in [-0.25, -0.2) is 4.98 Å². The number of rotatable bonds is 5. The number of benzene rings is 1. The third-order valence-electron chi connectivity index (χ3n) is 2.86. The van der Waals surface area contributed by atoms with E-state index < -0.39 is 0 Å². The lowest BCUT2D eigenvalue weighted by Crippen LogP contribution is -2.27. The molecule has 0 fully saturated rings. The molecule has 106 valence electrons. The van der Waals surface area contributed by atoms with Gasteiger partial charge in [0.15, 0.2) is 0 Å². The van der Waals surface area contributed by atoms with Crippen molar-refractivity contribution >= 4 is 28.8 Å². The molecule has 0 spiro atoms. The van der Waals surface area contributed by atoms with E-state index >= 15 is 0 Å². The van der Waals surface area contributed by atoms with E-state index in [1.807, 2.05) is 31.2 Å². The van der Waals surface area contributed by atoms with Crippen LogP contribution in [-0.2, 0) is 6.42 Å². The summed E-state index contributed by atoms with van der Waals surface area (Å²) in [6.45, 7) is 2.43. The molecule has 20 heavy (non-hydrogen) atoms. The van der Waals surface area contributed by atoms with Gasteiger partial charge in [0.2, 0.25) is 0 Å².